The summed E-state index contributed by atoms with van der Waals surface area (Å²) in [5.41, 5.74) is 0.880. The minimum atomic E-state index is -0.112. The van der Waals surface area contributed by atoms with Crippen LogP contribution in [0.2, 0.25) is 5.02 Å². The monoisotopic (exact) mass is 251 g/mol. The summed E-state index contributed by atoms with van der Waals surface area (Å²) in [6, 6.07) is 6.80. The van der Waals surface area contributed by atoms with Crippen molar-refractivity contribution in [3.8, 4) is 6.07 Å². The van der Waals surface area contributed by atoms with Gasteiger partial charge in [-0.05, 0) is 38.2 Å². The second-order valence-corrected chi connectivity index (χ2v) is 3.99. The van der Waals surface area contributed by atoms with E-state index in [0.717, 1.165) is 13.0 Å². The standard InChI is InChI=1S/C12H14ClN3O/c1-15-6-2-3-12(17)16-11-7-10(13)5-4-9(11)8-14/h4-5,7,15H,2-3,6H2,1H3,(H,16,17). The molecule has 0 saturated heterocycles. The van der Waals surface area contributed by atoms with E-state index in [-0.39, 0.29) is 5.91 Å². The van der Waals surface area contributed by atoms with Crippen molar-refractivity contribution in [2.45, 2.75) is 12.8 Å². The fourth-order valence-electron chi connectivity index (χ4n) is 1.36. The molecule has 1 rings (SSSR count). The maximum absolute atomic E-state index is 11.6. The van der Waals surface area contributed by atoms with Crippen molar-refractivity contribution in [3.63, 3.8) is 0 Å². The summed E-state index contributed by atoms with van der Waals surface area (Å²) in [4.78, 5) is 11.6. The molecule has 0 bridgehead atoms. The van der Waals surface area contributed by atoms with Crippen molar-refractivity contribution < 1.29 is 4.79 Å². The first-order chi connectivity index (χ1) is 8.17. The normalized spacial score (nSPS) is 9.71. The zero-order chi connectivity index (χ0) is 12.7. The lowest BCUT2D eigenvalue weighted by molar-refractivity contribution is -0.116. The smallest absolute Gasteiger partial charge is 0.224 e. The molecule has 0 aliphatic carbocycles. The fraction of sp³-hybridized carbons (Fsp3) is 0.333. The summed E-state index contributed by atoms with van der Waals surface area (Å²) >= 11 is 5.81. The van der Waals surface area contributed by atoms with Crippen LogP contribution in [0.4, 0.5) is 5.69 Å². The lowest BCUT2D eigenvalue weighted by Crippen LogP contribution is -2.15. The SMILES string of the molecule is CNCCCC(=O)Nc1cc(Cl)ccc1C#N. The topological polar surface area (TPSA) is 64.9 Å². The number of carbonyl (C=O) groups excluding carboxylic acids is 1. The molecule has 0 radical (unpaired) electrons. The van der Waals surface area contributed by atoms with Gasteiger partial charge in [0, 0.05) is 11.4 Å². The van der Waals surface area contributed by atoms with Gasteiger partial charge in [-0.2, -0.15) is 5.26 Å². The largest absolute Gasteiger partial charge is 0.325 e. The first-order valence-corrected chi connectivity index (χ1v) is 5.69. The van der Waals surface area contributed by atoms with E-state index < -0.39 is 0 Å². The molecule has 0 aliphatic heterocycles. The number of nitriles is 1. The molecule has 0 saturated carbocycles. The number of carbonyl (C=O) groups is 1. The van der Waals surface area contributed by atoms with Gasteiger partial charge >= 0.3 is 0 Å². The molecule has 0 heterocycles. The Balaban J connectivity index is 2.64. The van der Waals surface area contributed by atoms with Gasteiger partial charge in [0.05, 0.1) is 11.3 Å². The minimum Gasteiger partial charge on any atom is -0.325 e. The molecule has 0 fully saturated rings. The number of nitrogens with zero attached hydrogens (tertiary/aromatic N) is 1. The Labute approximate surface area is 106 Å². The molecule has 1 aromatic carbocycles. The second kappa shape index (κ2) is 6.89. The van der Waals surface area contributed by atoms with Crippen molar-refractivity contribution in [3.05, 3.63) is 28.8 Å². The van der Waals surface area contributed by atoms with Crippen LogP contribution in [0, 0.1) is 11.3 Å². The molecule has 0 atom stereocenters. The molecule has 1 amide bonds. The van der Waals surface area contributed by atoms with Crippen LogP contribution >= 0.6 is 11.6 Å². The number of rotatable bonds is 5. The summed E-state index contributed by atoms with van der Waals surface area (Å²) in [6.07, 6.45) is 1.17. The number of hydrogen-bond donors (Lipinski definition) is 2. The van der Waals surface area contributed by atoms with E-state index in [1.165, 1.54) is 0 Å². The van der Waals surface area contributed by atoms with Gasteiger partial charge in [-0.25, -0.2) is 0 Å². The fourth-order valence-corrected chi connectivity index (χ4v) is 1.53. The Hall–Kier alpha value is -1.57. The van der Waals surface area contributed by atoms with Crippen molar-refractivity contribution in [1.82, 2.24) is 5.32 Å². The molecule has 0 spiro atoms. The Morgan fingerprint density at radius 1 is 1.53 bits per heavy atom. The highest BCUT2D eigenvalue weighted by Gasteiger charge is 2.07. The Morgan fingerprint density at radius 3 is 2.94 bits per heavy atom. The minimum absolute atomic E-state index is 0.112. The maximum atomic E-state index is 11.6. The lowest BCUT2D eigenvalue weighted by atomic mass is 10.2. The van der Waals surface area contributed by atoms with Crippen LogP contribution in [0.25, 0.3) is 0 Å². The van der Waals surface area contributed by atoms with E-state index in [2.05, 4.69) is 10.6 Å². The summed E-state index contributed by atoms with van der Waals surface area (Å²) in [5, 5.41) is 15.0. The van der Waals surface area contributed by atoms with E-state index >= 15 is 0 Å². The lowest BCUT2D eigenvalue weighted by Gasteiger charge is -2.07. The third kappa shape index (κ3) is 4.43. The van der Waals surface area contributed by atoms with Gasteiger partial charge in [0.15, 0.2) is 0 Å². The van der Waals surface area contributed by atoms with Gasteiger partial charge in [0.2, 0.25) is 5.91 Å². The van der Waals surface area contributed by atoms with Gasteiger partial charge in [-0.15, -0.1) is 0 Å². The van der Waals surface area contributed by atoms with Gasteiger partial charge in [-0.3, -0.25) is 4.79 Å². The second-order valence-electron chi connectivity index (χ2n) is 3.56. The molecule has 90 valence electrons. The van der Waals surface area contributed by atoms with Crippen LogP contribution in [0.15, 0.2) is 18.2 Å². The predicted molar refractivity (Wildman–Crippen MR) is 68.0 cm³/mol. The first-order valence-electron chi connectivity index (χ1n) is 5.31. The van der Waals surface area contributed by atoms with Crippen LogP contribution in [0.1, 0.15) is 18.4 Å². The number of hydrogen-bond acceptors (Lipinski definition) is 3. The highest BCUT2D eigenvalue weighted by Crippen LogP contribution is 2.20. The molecule has 0 unspecified atom stereocenters. The zero-order valence-corrected chi connectivity index (χ0v) is 10.3. The molecular formula is C12H14ClN3O. The van der Waals surface area contributed by atoms with Crippen LogP contribution in [-0.2, 0) is 4.79 Å². The summed E-state index contributed by atoms with van der Waals surface area (Å²) in [6.45, 7) is 0.786. The molecular weight excluding hydrogens is 238 g/mol. The summed E-state index contributed by atoms with van der Waals surface area (Å²) in [5.74, 6) is -0.112. The predicted octanol–water partition coefficient (Wildman–Crippen LogP) is 2.15. The van der Waals surface area contributed by atoms with Crippen molar-refractivity contribution >= 4 is 23.2 Å². The summed E-state index contributed by atoms with van der Waals surface area (Å²) < 4.78 is 0. The molecule has 0 aromatic heterocycles. The van der Waals surface area contributed by atoms with E-state index in [1.807, 2.05) is 13.1 Å². The first kappa shape index (κ1) is 13.5. The van der Waals surface area contributed by atoms with Crippen LogP contribution in [0.5, 0.6) is 0 Å². The zero-order valence-electron chi connectivity index (χ0n) is 9.59. The van der Waals surface area contributed by atoms with Gasteiger partial charge < -0.3 is 10.6 Å². The Morgan fingerprint density at radius 2 is 2.29 bits per heavy atom. The van der Waals surface area contributed by atoms with E-state index in [1.54, 1.807) is 18.2 Å². The number of nitrogens with one attached hydrogen (secondary N) is 2. The third-order valence-corrected chi connectivity index (χ3v) is 2.44. The quantitative estimate of drug-likeness (QED) is 0.788. The van der Waals surface area contributed by atoms with Crippen LogP contribution in [-0.4, -0.2) is 19.5 Å². The number of benzene rings is 1. The molecule has 5 heteroatoms. The van der Waals surface area contributed by atoms with Crippen LogP contribution < -0.4 is 10.6 Å². The molecule has 17 heavy (non-hydrogen) atoms. The van der Waals surface area contributed by atoms with Crippen molar-refractivity contribution in [2.24, 2.45) is 0 Å². The molecule has 1 aromatic rings. The third-order valence-electron chi connectivity index (χ3n) is 2.21. The molecule has 2 N–H and O–H groups in total. The van der Waals surface area contributed by atoms with Crippen molar-refractivity contribution in [2.75, 3.05) is 18.9 Å². The maximum Gasteiger partial charge on any atom is 0.224 e. The summed E-state index contributed by atoms with van der Waals surface area (Å²) in [7, 11) is 1.84. The average Bonchev–Trinajstić information content (AvgIpc) is 2.29. The average molecular weight is 252 g/mol. The van der Waals surface area contributed by atoms with E-state index in [0.29, 0.717) is 22.7 Å². The van der Waals surface area contributed by atoms with E-state index in [4.69, 9.17) is 16.9 Å². The van der Waals surface area contributed by atoms with Gasteiger partial charge in [-0.1, -0.05) is 11.6 Å². The molecule has 4 nitrogen and oxygen atoms in total. The number of anilines is 1. The van der Waals surface area contributed by atoms with Crippen LogP contribution in [0.3, 0.4) is 0 Å². The Bertz CT molecular complexity index is 440. The van der Waals surface area contributed by atoms with Gasteiger partial charge in [0.25, 0.3) is 0 Å². The van der Waals surface area contributed by atoms with E-state index in [9.17, 15) is 4.79 Å². The van der Waals surface area contributed by atoms with Crippen molar-refractivity contribution in [1.29, 1.82) is 5.26 Å². The highest BCUT2D eigenvalue weighted by atomic mass is 35.5. The van der Waals surface area contributed by atoms with Gasteiger partial charge in [0.1, 0.15) is 6.07 Å². The highest BCUT2D eigenvalue weighted by molar-refractivity contribution is 6.31. The number of amides is 1. The number of halogens is 1. The molecule has 0 aliphatic rings. The Kier molecular flexibility index (Phi) is 5.47.